The number of carbonyl (C=O) groups excluding carboxylic acids is 2. The molecule has 3 N–H and O–H groups in total. The zero-order valence-corrected chi connectivity index (χ0v) is 23.8. The number of carboxylic acids is 1. The Morgan fingerprint density at radius 3 is 2.60 bits per heavy atom. The van der Waals surface area contributed by atoms with Crippen molar-refractivity contribution in [2.45, 2.75) is 58.0 Å². The van der Waals surface area contributed by atoms with Gasteiger partial charge in [-0.3, -0.25) is 14.5 Å². The summed E-state index contributed by atoms with van der Waals surface area (Å²) in [6.45, 7) is 4.30. The normalized spacial score (nSPS) is 19.7. The van der Waals surface area contributed by atoms with Crippen molar-refractivity contribution in [3.63, 3.8) is 0 Å². The smallest absolute Gasteiger partial charge is 0.326 e. The largest absolute Gasteiger partial charge is 0.480 e. The molecule has 10 nitrogen and oxygen atoms in total. The van der Waals surface area contributed by atoms with E-state index in [4.69, 9.17) is 4.74 Å². The molecule has 10 heteroatoms. The molecule has 0 saturated carbocycles. The van der Waals surface area contributed by atoms with Crippen molar-refractivity contribution in [3.8, 4) is 11.5 Å². The predicted octanol–water partition coefficient (Wildman–Crippen LogP) is 3.29. The average molecular weight is 572 g/mol. The second-order valence-corrected chi connectivity index (χ2v) is 11.1. The fourth-order valence-electron chi connectivity index (χ4n) is 5.67. The van der Waals surface area contributed by atoms with E-state index in [2.05, 4.69) is 25.5 Å². The van der Waals surface area contributed by atoms with Crippen LogP contribution in [0.15, 0.2) is 60.8 Å². The molecule has 3 aromatic rings. The summed E-state index contributed by atoms with van der Waals surface area (Å²) in [7, 11) is 0. The van der Waals surface area contributed by atoms with Crippen LogP contribution in [0, 0.1) is 5.41 Å². The fourth-order valence-corrected chi connectivity index (χ4v) is 5.67. The molecule has 4 bridgehead atoms. The van der Waals surface area contributed by atoms with Gasteiger partial charge in [0, 0.05) is 38.5 Å². The third-order valence-corrected chi connectivity index (χ3v) is 8.07. The number of nitrogens with one attached hydrogen (secondary N) is 2. The molecular formula is C32H37N5O5. The number of nitrogens with zero attached hydrogens (tertiary/aromatic N) is 3. The first-order chi connectivity index (χ1) is 20.3. The summed E-state index contributed by atoms with van der Waals surface area (Å²) in [6, 6.07) is 15.8. The highest BCUT2D eigenvalue weighted by Crippen LogP contribution is 2.37. The Morgan fingerprint density at radius 1 is 1.07 bits per heavy atom. The molecule has 3 aliphatic heterocycles. The first-order valence-corrected chi connectivity index (χ1v) is 14.5. The van der Waals surface area contributed by atoms with Crippen LogP contribution in [-0.4, -0.2) is 63.4 Å². The maximum Gasteiger partial charge on any atom is 0.326 e. The zero-order valence-electron chi connectivity index (χ0n) is 23.8. The van der Waals surface area contributed by atoms with Crippen LogP contribution >= 0.6 is 0 Å². The average Bonchev–Trinajstić information content (AvgIpc) is 2.98. The van der Waals surface area contributed by atoms with Crippen LogP contribution in [0.4, 0.5) is 0 Å². The van der Waals surface area contributed by atoms with E-state index in [1.165, 1.54) is 0 Å². The Kier molecular flexibility index (Phi) is 9.12. The number of piperidine rings is 1. The number of hydrogen-bond donors (Lipinski definition) is 3. The lowest BCUT2D eigenvalue weighted by Crippen LogP contribution is -2.50. The molecular weight excluding hydrogens is 534 g/mol. The summed E-state index contributed by atoms with van der Waals surface area (Å²) in [5.74, 6) is 0.475. The van der Waals surface area contributed by atoms with Gasteiger partial charge in [0.1, 0.15) is 23.4 Å². The predicted molar refractivity (Wildman–Crippen MR) is 156 cm³/mol. The van der Waals surface area contributed by atoms with Crippen LogP contribution < -0.4 is 15.4 Å². The van der Waals surface area contributed by atoms with Gasteiger partial charge in [0.25, 0.3) is 0 Å². The summed E-state index contributed by atoms with van der Waals surface area (Å²) in [5, 5.41) is 15.3. The number of benzene rings is 2. The van der Waals surface area contributed by atoms with E-state index in [0.717, 1.165) is 42.2 Å². The van der Waals surface area contributed by atoms with Gasteiger partial charge in [-0.15, -0.1) is 0 Å². The van der Waals surface area contributed by atoms with Crippen LogP contribution in [0.5, 0.6) is 11.5 Å². The maximum atomic E-state index is 13.8. The quantitative estimate of drug-likeness (QED) is 0.435. The first kappa shape index (κ1) is 29.2. The van der Waals surface area contributed by atoms with Crippen LogP contribution in [0.1, 0.15) is 48.8 Å². The number of fused-ring (bicyclic) bond motifs is 9. The summed E-state index contributed by atoms with van der Waals surface area (Å²) in [4.78, 5) is 49.5. The van der Waals surface area contributed by atoms with E-state index in [-0.39, 0.29) is 25.3 Å². The van der Waals surface area contributed by atoms with Crippen molar-refractivity contribution in [1.82, 2.24) is 25.5 Å². The number of carboxylic acid groups (broad SMARTS) is 1. The van der Waals surface area contributed by atoms with E-state index < -0.39 is 23.3 Å². The van der Waals surface area contributed by atoms with Crippen molar-refractivity contribution in [3.05, 3.63) is 83.4 Å². The molecule has 0 aliphatic carbocycles. The monoisotopic (exact) mass is 571 g/mol. The number of hydrogen-bond acceptors (Lipinski definition) is 7. The number of rotatable bonds is 4. The Bertz CT molecular complexity index is 1420. The highest BCUT2D eigenvalue weighted by atomic mass is 16.5. The highest BCUT2D eigenvalue weighted by Gasteiger charge is 2.41. The van der Waals surface area contributed by atoms with Crippen LogP contribution in [0.2, 0.25) is 0 Å². The summed E-state index contributed by atoms with van der Waals surface area (Å²) in [6.07, 6.45) is 4.52. The van der Waals surface area contributed by atoms with Gasteiger partial charge in [-0.1, -0.05) is 31.2 Å². The molecule has 0 unspecified atom stereocenters. The topological polar surface area (TPSA) is 134 Å². The molecule has 1 spiro atoms. The molecule has 6 rings (SSSR count). The van der Waals surface area contributed by atoms with E-state index in [1.54, 1.807) is 30.5 Å². The van der Waals surface area contributed by atoms with Gasteiger partial charge in [-0.25, -0.2) is 14.8 Å². The van der Waals surface area contributed by atoms with Crippen molar-refractivity contribution < 1.29 is 24.2 Å². The number of amides is 2. The van der Waals surface area contributed by atoms with Crippen molar-refractivity contribution in [2.75, 3.05) is 19.6 Å². The van der Waals surface area contributed by atoms with Gasteiger partial charge in [0.2, 0.25) is 11.8 Å². The minimum Gasteiger partial charge on any atom is -0.480 e. The minimum atomic E-state index is -1.11. The second-order valence-electron chi connectivity index (χ2n) is 11.1. The number of aryl methyl sites for hydroxylation is 1. The molecule has 220 valence electrons. The van der Waals surface area contributed by atoms with Crippen LogP contribution in [0.25, 0.3) is 0 Å². The maximum absolute atomic E-state index is 13.8. The van der Waals surface area contributed by atoms with Gasteiger partial charge in [0.05, 0.1) is 11.1 Å². The molecule has 1 fully saturated rings. The Hall–Kier alpha value is -4.31. The number of aromatic nitrogens is 2. The second kappa shape index (κ2) is 13.1. The number of carbonyl (C=O) groups is 3. The number of ether oxygens (including phenoxy) is 1. The third kappa shape index (κ3) is 7.30. The van der Waals surface area contributed by atoms with Crippen molar-refractivity contribution in [2.24, 2.45) is 5.41 Å². The molecule has 42 heavy (non-hydrogen) atoms. The number of likely N-dealkylation sites (tertiary alicyclic amines) is 1. The molecule has 2 aromatic carbocycles. The zero-order chi connectivity index (χ0) is 29.5. The SMILES string of the molecule is CCc1nccc(CN2CCC3(CC2)Cc2cccc(c2)Oc2ccc(cc2)C[C@@H](C(=O)O)NC(=O)CCNC3=O)n1. The molecule has 1 atom stereocenters. The first-order valence-electron chi connectivity index (χ1n) is 14.5. The summed E-state index contributed by atoms with van der Waals surface area (Å²) >= 11 is 0. The standard InChI is InChI=1S/C32H37N5O5/c1-2-28-33-14-10-24(35-28)21-37-16-12-32(13-17-37)20-23-4-3-5-26(18-23)42-25-8-6-22(7-9-25)19-27(30(39)40)36-29(38)11-15-34-31(32)41/h3-10,14,18,27H,2,11-13,15-17,19-21H2,1H3,(H,34,41)(H,36,38)(H,39,40)/t27-/m0/s1. The van der Waals surface area contributed by atoms with Gasteiger partial charge in [0.15, 0.2) is 0 Å². The molecule has 0 radical (unpaired) electrons. The molecule has 1 saturated heterocycles. The third-order valence-electron chi connectivity index (χ3n) is 8.07. The van der Waals surface area contributed by atoms with Crippen molar-refractivity contribution >= 4 is 17.8 Å². The highest BCUT2D eigenvalue weighted by molar-refractivity contribution is 5.86. The van der Waals surface area contributed by atoms with Gasteiger partial charge in [-0.05, 0) is 73.8 Å². The van der Waals surface area contributed by atoms with Gasteiger partial charge in [-0.2, -0.15) is 0 Å². The minimum absolute atomic E-state index is 0.00649. The van der Waals surface area contributed by atoms with E-state index >= 15 is 0 Å². The van der Waals surface area contributed by atoms with Crippen LogP contribution in [0.3, 0.4) is 0 Å². The molecule has 3 aliphatic rings. The lowest BCUT2D eigenvalue weighted by atomic mass is 9.73. The van der Waals surface area contributed by atoms with E-state index in [9.17, 15) is 19.5 Å². The van der Waals surface area contributed by atoms with E-state index in [1.807, 2.05) is 37.3 Å². The van der Waals surface area contributed by atoms with Crippen molar-refractivity contribution in [1.29, 1.82) is 0 Å². The Balaban J connectivity index is 1.37. The number of aliphatic carboxylic acids is 1. The molecule has 2 amide bonds. The van der Waals surface area contributed by atoms with Gasteiger partial charge >= 0.3 is 5.97 Å². The summed E-state index contributed by atoms with van der Waals surface area (Å²) in [5.41, 5.74) is 2.06. The Labute approximate surface area is 245 Å². The fraction of sp³-hybridized carbons (Fsp3) is 0.406. The molecule has 1 aromatic heterocycles. The molecule has 4 heterocycles. The lowest BCUT2D eigenvalue weighted by Gasteiger charge is -2.41. The van der Waals surface area contributed by atoms with Crippen LogP contribution in [-0.2, 0) is 40.2 Å². The van der Waals surface area contributed by atoms with E-state index in [0.29, 0.717) is 37.3 Å². The summed E-state index contributed by atoms with van der Waals surface area (Å²) < 4.78 is 6.11. The Morgan fingerprint density at radius 2 is 1.86 bits per heavy atom. The lowest BCUT2D eigenvalue weighted by molar-refractivity contribution is -0.142. The van der Waals surface area contributed by atoms with Gasteiger partial charge < -0.3 is 20.5 Å².